The van der Waals surface area contributed by atoms with Crippen molar-refractivity contribution in [2.45, 2.75) is 18.3 Å². The molecule has 46 heavy (non-hydrogen) atoms. The molecule has 4 N–H and O–H groups in total. The molecule has 252 valence electrons. The summed E-state index contributed by atoms with van der Waals surface area (Å²) in [6, 6.07) is 31.5. The van der Waals surface area contributed by atoms with Crippen LogP contribution in [0.1, 0.15) is 29.5 Å². The summed E-state index contributed by atoms with van der Waals surface area (Å²) in [5, 5.41) is 39.8. The predicted molar refractivity (Wildman–Crippen MR) is 195 cm³/mol. The van der Waals surface area contributed by atoms with Gasteiger partial charge in [-0.3, -0.25) is 0 Å². The minimum atomic E-state index is -2.06. The van der Waals surface area contributed by atoms with Crippen molar-refractivity contribution >= 4 is 27.9 Å². The van der Waals surface area contributed by atoms with E-state index in [-0.39, 0.29) is 26.4 Å². The first-order chi connectivity index (χ1) is 22.5. The summed E-state index contributed by atoms with van der Waals surface area (Å²) in [4.78, 5) is 0. The molecule has 10 heteroatoms. The van der Waals surface area contributed by atoms with Crippen LogP contribution in [0.3, 0.4) is 0 Å². The summed E-state index contributed by atoms with van der Waals surface area (Å²) in [6.07, 6.45) is 4.84. The standard InChI is InChI=1S/C36H51BO7S2/c1-3-27-45(29-22-38,30-23-39)43-37(44-46(28-4-2,31-24-40)32-25-41)42-26-14-21-36(33-15-8-5-9-16-33,34-17-10-6-11-18-34)35-19-12-7-13-20-35/h3-13,15-20,38-41H,1-2,14,21-32H2. The third-order valence-electron chi connectivity index (χ3n) is 8.01. The molecule has 0 saturated heterocycles. The fourth-order valence-electron chi connectivity index (χ4n) is 5.93. The van der Waals surface area contributed by atoms with Gasteiger partial charge in [0, 0.05) is 46.5 Å². The second-order valence-electron chi connectivity index (χ2n) is 11.0. The van der Waals surface area contributed by atoms with Crippen LogP contribution in [-0.2, 0) is 18.3 Å². The minimum Gasteiger partial charge on any atom is -0.395 e. The SMILES string of the molecule is C=CCS(CCO)(CCO)OB(OCCCC(c1ccccc1)(c1ccccc1)c1ccccc1)OS(CC=C)(CCO)CCO. The van der Waals surface area contributed by atoms with Gasteiger partial charge >= 0.3 is 7.32 Å². The first-order valence-electron chi connectivity index (χ1n) is 15.8. The van der Waals surface area contributed by atoms with Crippen LogP contribution in [0.5, 0.6) is 0 Å². The lowest BCUT2D eigenvalue weighted by atomic mass is 9.67. The average molecular weight is 671 g/mol. The van der Waals surface area contributed by atoms with Crippen LogP contribution < -0.4 is 0 Å². The summed E-state index contributed by atoms with van der Waals surface area (Å²) < 4.78 is 19.7. The monoisotopic (exact) mass is 670 g/mol. The summed E-state index contributed by atoms with van der Waals surface area (Å²) in [7, 11) is -5.26. The number of hydrogen-bond donors (Lipinski definition) is 4. The highest BCUT2D eigenvalue weighted by atomic mass is 32.3. The van der Waals surface area contributed by atoms with Crippen molar-refractivity contribution in [2.75, 3.05) is 67.6 Å². The Bertz CT molecular complexity index is 1130. The van der Waals surface area contributed by atoms with Crippen molar-refractivity contribution in [3.8, 4) is 0 Å². The molecule has 0 spiro atoms. The van der Waals surface area contributed by atoms with E-state index in [1.807, 2.05) is 18.2 Å². The van der Waals surface area contributed by atoms with Gasteiger partial charge in [0.25, 0.3) is 0 Å². The van der Waals surface area contributed by atoms with Crippen LogP contribution >= 0.6 is 20.6 Å². The van der Waals surface area contributed by atoms with E-state index < -0.39 is 33.4 Å². The average Bonchev–Trinajstić information content (AvgIpc) is 3.07. The molecule has 3 aromatic rings. The zero-order valence-electron chi connectivity index (χ0n) is 26.8. The maximum Gasteiger partial charge on any atom is 0.660 e. The second kappa shape index (κ2) is 20.1. The highest BCUT2D eigenvalue weighted by Crippen LogP contribution is 2.54. The Morgan fingerprint density at radius 1 is 0.587 bits per heavy atom. The first-order valence-corrected chi connectivity index (χ1v) is 19.9. The molecule has 3 rings (SSSR count). The van der Waals surface area contributed by atoms with Crippen LogP contribution in [0.25, 0.3) is 0 Å². The molecular formula is C36H51BO7S2. The maximum atomic E-state index is 9.95. The summed E-state index contributed by atoms with van der Waals surface area (Å²) in [5.41, 5.74) is 3.09. The second-order valence-corrected chi connectivity index (χ2v) is 17.6. The van der Waals surface area contributed by atoms with E-state index in [9.17, 15) is 20.4 Å². The molecule has 0 bridgehead atoms. The van der Waals surface area contributed by atoms with Gasteiger partial charge < -0.3 is 33.3 Å². The highest BCUT2D eigenvalue weighted by Gasteiger charge is 2.40. The molecule has 0 heterocycles. The normalized spacial score (nSPS) is 12.9. The van der Waals surface area contributed by atoms with Gasteiger partial charge in [0.05, 0.1) is 26.4 Å². The molecule has 0 fully saturated rings. The van der Waals surface area contributed by atoms with Crippen LogP contribution in [-0.4, -0.2) is 95.3 Å². The molecule has 3 aromatic carbocycles. The van der Waals surface area contributed by atoms with Gasteiger partial charge in [-0.25, -0.2) is 0 Å². The lowest BCUT2D eigenvalue weighted by Gasteiger charge is -2.44. The Hall–Kier alpha value is -2.38. The van der Waals surface area contributed by atoms with Crippen molar-refractivity contribution in [1.82, 2.24) is 0 Å². The van der Waals surface area contributed by atoms with Crippen molar-refractivity contribution in [3.05, 3.63) is 133 Å². The Kier molecular flexibility index (Phi) is 16.6. The largest absolute Gasteiger partial charge is 0.660 e. The molecule has 0 aliphatic rings. The summed E-state index contributed by atoms with van der Waals surface area (Å²) in [5.74, 6) is 2.19. The molecule has 0 aromatic heterocycles. The molecule has 0 aliphatic heterocycles. The fraction of sp³-hybridized carbons (Fsp3) is 0.389. The van der Waals surface area contributed by atoms with Gasteiger partial charge in [-0.1, -0.05) is 103 Å². The summed E-state index contributed by atoms with van der Waals surface area (Å²) >= 11 is 0. The number of hydrogen-bond acceptors (Lipinski definition) is 7. The lowest BCUT2D eigenvalue weighted by molar-refractivity contribution is 0.204. The van der Waals surface area contributed by atoms with Crippen molar-refractivity contribution in [3.63, 3.8) is 0 Å². The van der Waals surface area contributed by atoms with E-state index >= 15 is 0 Å². The molecule has 0 saturated carbocycles. The zero-order chi connectivity index (χ0) is 33.1. The van der Waals surface area contributed by atoms with E-state index in [0.29, 0.717) is 47.5 Å². The van der Waals surface area contributed by atoms with Gasteiger partial charge in [-0.15, -0.1) is 33.8 Å². The van der Waals surface area contributed by atoms with Crippen LogP contribution in [0, 0.1) is 0 Å². The van der Waals surface area contributed by atoms with Gasteiger partial charge in [0.2, 0.25) is 0 Å². The quantitative estimate of drug-likeness (QED) is 0.0425. The third-order valence-corrected chi connectivity index (χ3v) is 14.5. The molecule has 7 nitrogen and oxygen atoms in total. The summed E-state index contributed by atoms with van der Waals surface area (Å²) in [6.45, 7) is 7.58. The van der Waals surface area contributed by atoms with E-state index in [1.54, 1.807) is 12.2 Å². The number of rotatable bonds is 24. The van der Waals surface area contributed by atoms with Crippen LogP contribution in [0.4, 0.5) is 0 Å². The lowest BCUT2D eigenvalue weighted by Crippen LogP contribution is -2.37. The molecule has 0 amide bonds. The molecule has 0 aliphatic carbocycles. The Labute approximate surface area is 279 Å². The van der Waals surface area contributed by atoms with Crippen molar-refractivity contribution in [2.24, 2.45) is 0 Å². The number of aliphatic hydroxyl groups is 4. The highest BCUT2D eigenvalue weighted by molar-refractivity contribution is 8.31. The molecule has 0 atom stereocenters. The van der Waals surface area contributed by atoms with Crippen molar-refractivity contribution < 1.29 is 33.3 Å². The van der Waals surface area contributed by atoms with Crippen LogP contribution in [0.2, 0.25) is 0 Å². The van der Waals surface area contributed by atoms with E-state index in [4.69, 9.17) is 12.9 Å². The predicted octanol–water partition coefficient (Wildman–Crippen LogP) is 5.62. The van der Waals surface area contributed by atoms with Crippen LogP contribution in [0.15, 0.2) is 116 Å². The third kappa shape index (κ3) is 10.3. The van der Waals surface area contributed by atoms with Gasteiger partial charge in [0.1, 0.15) is 0 Å². The van der Waals surface area contributed by atoms with E-state index in [0.717, 1.165) is 6.42 Å². The Morgan fingerprint density at radius 2 is 0.935 bits per heavy atom. The Balaban J connectivity index is 1.97. The van der Waals surface area contributed by atoms with Gasteiger partial charge in [-0.2, -0.15) is 0 Å². The smallest absolute Gasteiger partial charge is 0.395 e. The minimum absolute atomic E-state index is 0.123. The molecule has 0 unspecified atom stereocenters. The van der Waals surface area contributed by atoms with Crippen molar-refractivity contribution in [1.29, 1.82) is 0 Å². The number of aliphatic hydroxyl groups excluding tert-OH is 4. The molecular weight excluding hydrogens is 619 g/mol. The van der Waals surface area contributed by atoms with Gasteiger partial charge in [-0.05, 0) is 29.5 Å². The Morgan fingerprint density at radius 3 is 1.24 bits per heavy atom. The maximum absolute atomic E-state index is 9.95. The van der Waals surface area contributed by atoms with E-state index in [1.165, 1.54) is 16.7 Å². The topological polar surface area (TPSA) is 109 Å². The fourth-order valence-corrected chi connectivity index (χ4v) is 10.6. The zero-order valence-corrected chi connectivity index (χ0v) is 28.5. The van der Waals surface area contributed by atoms with Gasteiger partial charge in [0.15, 0.2) is 0 Å². The van der Waals surface area contributed by atoms with E-state index in [2.05, 4.69) is 86.0 Å². The first kappa shape index (κ1) is 38.1. The molecule has 0 radical (unpaired) electrons. The number of benzene rings is 3.